The maximum absolute atomic E-state index is 11.7. The van der Waals surface area contributed by atoms with Crippen LogP contribution in [0.25, 0.3) is 0 Å². The van der Waals surface area contributed by atoms with Crippen molar-refractivity contribution >= 4 is 26.0 Å². The minimum atomic E-state index is -3.41. The molecule has 0 radical (unpaired) electrons. The topological polar surface area (TPSA) is 64.0 Å². The van der Waals surface area contributed by atoms with Gasteiger partial charge in [-0.1, -0.05) is 22.9 Å². The zero-order chi connectivity index (χ0) is 11.5. The molecule has 86 valence electrons. The lowest BCUT2D eigenvalue weighted by atomic mass is 10.3. The van der Waals surface area contributed by atoms with Crippen LogP contribution in [0.2, 0.25) is 0 Å². The van der Waals surface area contributed by atoms with Gasteiger partial charge in [0.15, 0.2) is 5.03 Å². The number of aryl methyl sites for hydroxylation is 1. The molecule has 1 N–H and O–H groups in total. The van der Waals surface area contributed by atoms with E-state index < -0.39 is 10.0 Å². The summed E-state index contributed by atoms with van der Waals surface area (Å²) in [6, 6.07) is 1.47. The predicted molar refractivity (Wildman–Crippen MR) is 61.4 cm³/mol. The molecule has 5 nitrogen and oxygen atoms in total. The van der Waals surface area contributed by atoms with E-state index in [1.54, 1.807) is 7.05 Å². The quantitative estimate of drug-likeness (QED) is 0.820. The van der Waals surface area contributed by atoms with Crippen LogP contribution in [0.5, 0.6) is 0 Å². The van der Waals surface area contributed by atoms with Crippen molar-refractivity contribution in [3.8, 4) is 0 Å². The molecule has 1 heterocycles. The fourth-order valence-corrected chi connectivity index (χ4v) is 2.49. The van der Waals surface area contributed by atoms with E-state index in [1.807, 2.05) is 6.92 Å². The summed E-state index contributed by atoms with van der Waals surface area (Å²) in [6.45, 7) is 2.39. The minimum absolute atomic E-state index is 0.185. The zero-order valence-electron chi connectivity index (χ0n) is 8.64. The van der Waals surface area contributed by atoms with E-state index in [1.165, 1.54) is 16.9 Å². The Kier molecular flexibility index (Phi) is 4.30. The number of alkyl halides is 1. The van der Waals surface area contributed by atoms with Gasteiger partial charge in [-0.25, -0.2) is 13.1 Å². The van der Waals surface area contributed by atoms with Gasteiger partial charge < -0.3 is 0 Å². The lowest BCUT2D eigenvalue weighted by molar-refractivity contribution is 0.561. The first-order chi connectivity index (χ1) is 6.93. The van der Waals surface area contributed by atoms with E-state index in [2.05, 4.69) is 25.8 Å². The van der Waals surface area contributed by atoms with Crippen LogP contribution in [-0.4, -0.2) is 29.6 Å². The normalized spacial score (nSPS) is 14.1. The first-order valence-electron chi connectivity index (χ1n) is 4.55. The van der Waals surface area contributed by atoms with Crippen molar-refractivity contribution in [1.29, 1.82) is 0 Å². The largest absolute Gasteiger partial charge is 0.257 e. The Hall–Kier alpha value is -0.400. The van der Waals surface area contributed by atoms with E-state index >= 15 is 0 Å². The summed E-state index contributed by atoms with van der Waals surface area (Å²) in [4.78, 5) is 0.298. The average Bonchev–Trinajstić information content (AvgIpc) is 2.50. The Labute approximate surface area is 98.0 Å². The van der Waals surface area contributed by atoms with Crippen molar-refractivity contribution in [3.63, 3.8) is 0 Å². The van der Waals surface area contributed by atoms with Gasteiger partial charge in [-0.05, 0) is 12.5 Å². The van der Waals surface area contributed by atoms with E-state index in [-0.39, 0.29) is 5.03 Å². The number of nitrogens with zero attached hydrogens (tertiary/aromatic N) is 2. The molecule has 0 fully saturated rings. The molecular weight excluding hydrogens is 282 g/mol. The van der Waals surface area contributed by atoms with Gasteiger partial charge in [-0.3, -0.25) is 4.68 Å². The summed E-state index contributed by atoms with van der Waals surface area (Å²) in [5, 5.41) is 4.00. The Morgan fingerprint density at radius 1 is 1.67 bits per heavy atom. The molecule has 1 atom stereocenters. The molecule has 0 bridgehead atoms. The van der Waals surface area contributed by atoms with Crippen molar-refractivity contribution in [3.05, 3.63) is 12.3 Å². The van der Waals surface area contributed by atoms with Gasteiger partial charge in [0, 0.05) is 18.4 Å². The molecule has 0 aliphatic heterocycles. The third-order valence-electron chi connectivity index (χ3n) is 1.89. The van der Waals surface area contributed by atoms with Crippen molar-refractivity contribution in [2.75, 3.05) is 6.54 Å². The summed E-state index contributed by atoms with van der Waals surface area (Å²) in [5.74, 6) is 0. The van der Waals surface area contributed by atoms with Crippen molar-refractivity contribution in [2.45, 2.75) is 23.2 Å². The number of rotatable bonds is 5. The molecule has 0 aliphatic rings. The van der Waals surface area contributed by atoms with Gasteiger partial charge in [0.25, 0.3) is 10.0 Å². The molecular formula is C8H14BrN3O2S. The van der Waals surface area contributed by atoms with Crippen LogP contribution in [-0.2, 0) is 17.1 Å². The number of halogens is 1. The molecule has 15 heavy (non-hydrogen) atoms. The number of sulfonamides is 1. The molecule has 1 aromatic rings. The SMILES string of the molecule is CC(Br)CCNS(=O)(=O)c1ccnn1C. The minimum Gasteiger partial charge on any atom is -0.256 e. The smallest absolute Gasteiger partial charge is 0.256 e. The van der Waals surface area contributed by atoms with Gasteiger partial charge in [0.05, 0.1) is 6.20 Å². The molecule has 1 rings (SSSR count). The van der Waals surface area contributed by atoms with Gasteiger partial charge in [0.1, 0.15) is 0 Å². The third kappa shape index (κ3) is 3.58. The number of hydrogen-bond acceptors (Lipinski definition) is 3. The van der Waals surface area contributed by atoms with Crippen LogP contribution in [0.3, 0.4) is 0 Å². The zero-order valence-corrected chi connectivity index (χ0v) is 11.0. The van der Waals surface area contributed by atoms with Crippen molar-refractivity contribution in [1.82, 2.24) is 14.5 Å². The van der Waals surface area contributed by atoms with Crippen LogP contribution in [0.4, 0.5) is 0 Å². The van der Waals surface area contributed by atoms with Crippen LogP contribution >= 0.6 is 15.9 Å². The van der Waals surface area contributed by atoms with Crippen molar-refractivity contribution in [2.24, 2.45) is 7.05 Å². The van der Waals surface area contributed by atoms with E-state index in [4.69, 9.17) is 0 Å². The fraction of sp³-hybridized carbons (Fsp3) is 0.625. The van der Waals surface area contributed by atoms with Gasteiger partial charge >= 0.3 is 0 Å². The van der Waals surface area contributed by atoms with E-state index in [9.17, 15) is 8.42 Å². The highest BCUT2D eigenvalue weighted by atomic mass is 79.9. The monoisotopic (exact) mass is 295 g/mol. The average molecular weight is 296 g/mol. The molecule has 1 unspecified atom stereocenters. The highest BCUT2D eigenvalue weighted by molar-refractivity contribution is 9.09. The van der Waals surface area contributed by atoms with E-state index in [0.717, 1.165) is 6.42 Å². The maximum atomic E-state index is 11.7. The molecule has 0 aromatic carbocycles. The fourth-order valence-electron chi connectivity index (χ4n) is 1.09. The van der Waals surface area contributed by atoms with Gasteiger partial charge in [-0.15, -0.1) is 0 Å². The first kappa shape index (κ1) is 12.7. The Balaban J connectivity index is 2.65. The molecule has 0 saturated heterocycles. The lowest BCUT2D eigenvalue weighted by Crippen LogP contribution is -2.27. The molecule has 7 heteroatoms. The second kappa shape index (κ2) is 5.09. The van der Waals surface area contributed by atoms with Crippen LogP contribution in [0.15, 0.2) is 17.3 Å². The lowest BCUT2D eigenvalue weighted by Gasteiger charge is -2.07. The van der Waals surface area contributed by atoms with Crippen LogP contribution in [0.1, 0.15) is 13.3 Å². The molecule has 0 aliphatic carbocycles. The highest BCUT2D eigenvalue weighted by Crippen LogP contribution is 2.07. The molecule has 1 aromatic heterocycles. The Bertz CT molecular complexity index is 413. The summed E-state index contributed by atoms with van der Waals surface area (Å²) < 4.78 is 27.3. The maximum Gasteiger partial charge on any atom is 0.257 e. The van der Waals surface area contributed by atoms with E-state index in [0.29, 0.717) is 11.4 Å². The summed E-state index contributed by atoms with van der Waals surface area (Å²) >= 11 is 3.35. The Morgan fingerprint density at radius 2 is 2.33 bits per heavy atom. The highest BCUT2D eigenvalue weighted by Gasteiger charge is 2.16. The number of aromatic nitrogens is 2. The number of hydrogen-bond donors (Lipinski definition) is 1. The molecule has 0 amide bonds. The summed E-state index contributed by atoms with van der Waals surface area (Å²) in [7, 11) is -1.81. The predicted octanol–water partition coefficient (Wildman–Crippen LogP) is 0.872. The third-order valence-corrected chi connectivity index (χ3v) is 3.88. The van der Waals surface area contributed by atoms with Gasteiger partial charge in [-0.2, -0.15) is 5.10 Å². The first-order valence-corrected chi connectivity index (χ1v) is 6.95. The van der Waals surface area contributed by atoms with Crippen LogP contribution < -0.4 is 4.72 Å². The summed E-state index contributed by atoms with van der Waals surface area (Å²) in [6.07, 6.45) is 2.21. The summed E-state index contributed by atoms with van der Waals surface area (Å²) in [5.41, 5.74) is 0. The molecule has 0 spiro atoms. The Morgan fingerprint density at radius 3 is 2.80 bits per heavy atom. The van der Waals surface area contributed by atoms with Crippen molar-refractivity contribution < 1.29 is 8.42 Å². The standard InChI is InChI=1S/C8H14BrN3O2S/c1-7(9)3-6-11-15(13,14)8-4-5-10-12(8)2/h4-5,7,11H,3,6H2,1-2H3. The number of nitrogens with one attached hydrogen (secondary N) is 1. The van der Waals surface area contributed by atoms with Gasteiger partial charge in [0.2, 0.25) is 0 Å². The second-order valence-electron chi connectivity index (χ2n) is 3.26. The molecule has 0 saturated carbocycles. The van der Waals surface area contributed by atoms with Crippen LogP contribution in [0, 0.1) is 0 Å². The second-order valence-corrected chi connectivity index (χ2v) is 6.54.